The van der Waals surface area contributed by atoms with Crippen LogP contribution in [0.4, 0.5) is 0 Å². The molecule has 96 valence electrons. The van der Waals surface area contributed by atoms with Crippen LogP contribution in [0.3, 0.4) is 0 Å². The fourth-order valence-electron chi connectivity index (χ4n) is 1.88. The number of nitrogens with zero attached hydrogens (tertiary/aromatic N) is 1. The zero-order valence-electron chi connectivity index (χ0n) is 9.53. The van der Waals surface area contributed by atoms with E-state index in [4.69, 9.17) is 21.4 Å². The van der Waals surface area contributed by atoms with E-state index in [1.165, 1.54) is 4.88 Å². The van der Waals surface area contributed by atoms with Crippen molar-refractivity contribution in [2.45, 2.75) is 25.6 Å². The molecular formula is C11H15BrClNO2S. The van der Waals surface area contributed by atoms with E-state index >= 15 is 0 Å². The van der Waals surface area contributed by atoms with Gasteiger partial charge in [-0.15, -0.1) is 11.3 Å². The van der Waals surface area contributed by atoms with Crippen LogP contribution in [0.15, 0.2) is 10.5 Å². The zero-order chi connectivity index (χ0) is 12.4. The average Bonchev–Trinajstić information content (AvgIpc) is 2.61. The van der Waals surface area contributed by atoms with Crippen LogP contribution in [-0.4, -0.2) is 41.9 Å². The summed E-state index contributed by atoms with van der Waals surface area (Å²) in [4.78, 5) is 3.55. The van der Waals surface area contributed by atoms with Crippen molar-refractivity contribution in [3.05, 3.63) is 19.8 Å². The van der Waals surface area contributed by atoms with Gasteiger partial charge in [-0.3, -0.25) is 4.90 Å². The van der Waals surface area contributed by atoms with Gasteiger partial charge in [0.05, 0.1) is 19.3 Å². The van der Waals surface area contributed by atoms with E-state index in [2.05, 4.69) is 33.8 Å². The lowest BCUT2D eigenvalue weighted by Gasteiger charge is -2.37. The van der Waals surface area contributed by atoms with E-state index in [0.29, 0.717) is 12.6 Å². The Hall–Kier alpha value is 0.350. The van der Waals surface area contributed by atoms with Gasteiger partial charge in [-0.1, -0.05) is 11.6 Å². The molecule has 1 aliphatic heterocycles. The smallest absolute Gasteiger partial charge is 0.107 e. The van der Waals surface area contributed by atoms with Crippen LogP contribution in [0.1, 0.15) is 11.8 Å². The fourth-order valence-corrected chi connectivity index (χ4v) is 3.69. The highest BCUT2D eigenvalue weighted by molar-refractivity contribution is 9.10. The van der Waals surface area contributed by atoms with Gasteiger partial charge in [-0.05, 0) is 28.9 Å². The predicted molar refractivity (Wildman–Crippen MR) is 73.7 cm³/mol. The summed E-state index contributed by atoms with van der Waals surface area (Å²) < 4.78 is 7.26. The van der Waals surface area contributed by atoms with Crippen molar-refractivity contribution in [2.24, 2.45) is 0 Å². The molecule has 2 rings (SSSR count). The van der Waals surface area contributed by atoms with Gasteiger partial charge in [0, 0.05) is 28.5 Å². The zero-order valence-corrected chi connectivity index (χ0v) is 12.7. The molecule has 0 saturated carbocycles. The molecule has 1 aliphatic rings. The van der Waals surface area contributed by atoms with Gasteiger partial charge in [0.25, 0.3) is 0 Å². The van der Waals surface area contributed by atoms with Crippen LogP contribution < -0.4 is 0 Å². The topological polar surface area (TPSA) is 32.7 Å². The summed E-state index contributed by atoms with van der Waals surface area (Å²) in [6, 6.07) is 2.43. The molecule has 6 heteroatoms. The molecule has 0 unspecified atom stereocenters. The Kier molecular flexibility index (Phi) is 4.86. The van der Waals surface area contributed by atoms with Crippen LogP contribution in [0.5, 0.6) is 0 Å². The SMILES string of the molecule is C[C@@H]1CO[C@H](CO)CN1Cc1cc(Br)c(Cl)s1. The number of aliphatic hydroxyl groups is 1. The third-order valence-corrected chi connectivity index (χ3v) is 5.35. The van der Waals surface area contributed by atoms with Crippen LogP contribution in [0.2, 0.25) is 4.34 Å². The number of thiophene rings is 1. The summed E-state index contributed by atoms with van der Waals surface area (Å²) in [5.41, 5.74) is 0. The van der Waals surface area contributed by atoms with Crippen LogP contribution in [0.25, 0.3) is 0 Å². The lowest BCUT2D eigenvalue weighted by molar-refractivity contribution is -0.0802. The summed E-state index contributed by atoms with van der Waals surface area (Å²) in [5, 5.41) is 9.13. The van der Waals surface area contributed by atoms with Gasteiger partial charge in [-0.25, -0.2) is 0 Å². The molecule has 0 radical (unpaired) electrons. The first kappa shape index (κ1) is 13.8. The minimum absolute atomic E-state index is 0.0647. The van der Waals surface area contributed by atoms with Gasteiger partial charge in [0.15, 0.2) is 0 Å². The Morgan fingerprint density at radius 2 is 2.47 bits per heavy atom. The molecule has 3 nitrogen and oxygen atoms in total. The number of hydrogen-bond acceptors (Lipinski definition) is 4. The second-order valence-electron chi connectivity index (χ2n) is 4.25. The lowest BCUT2D eigenvalue weighted by Crippen LogP contribution is -2.48. The lowest BCUT2D eigenvalue weighted by atomic mass is 10.2. The third-order valence-electron chi connectivity index (χ3n) is 2.89. The van der Waals surface area contributed by atoms with Crippen LogP contribution >= 0.6 is 38.9 Å². The Morgan fingerprint density at radius 1 is 1.71 bits per heavy atom. The number of hydrogen-bond donors (Lipinski definition) is 1. The predicted octanol–water partition coefficient (Wildman–Crippen LogP) is 2.75. The maximum Gasteiger partial charge on any atom is 0.107 e. The van der Waals surface area contributed by atoms with Crippen LogP contribution in [0, 0.1) is 0 Å². The summed E-state index contributed by atoms with van der Waals surface area (Å²) in [6.45, 7) is 4.52. The molecule has 1 saturated heterocycles. The Morgan fingerprint density at radius 3 is 3.06 bits per heavy atom. The fraction of sp³-hybridized carbons (Fsp3) is 0.636. The maximum absolute atomic E-state index is 9.13. The molecule has 0 bridgehead atoms. The van der Waals surface area contributed by atoms with Gasteiger partial charge in [0.2, 0.25) is 0 Å². The molecule has 2 heterocycles. The van der Waals surface area contributed by atoms with Gasteiger partial charge < -0.3 is 9.84 Å². The molecule has 1 fully saturated rings. The van der Waals surface area contributed by atoms with Crippen molar-refractivity contribution in [1.29, 1.82) is 0 Å². The highest BCUT2D eigenvalue weighted by atomic mass is 79.9. The molecule has 0 aromatic carbocycles. The molecule has 0 aliphatic carbocycles. The molecule has 1 aromatic heterocycles. The second-order valence-corrected chi connectivity index (χ2v) is 6.84. The van der Waals surface area contributed by atoms with E-state index in [-0.39, 0.29) is 12.7 Å². The largest absolute Gasteiger partial charge is 0.394 e. The molecule has 0 amide bonds. The first-order valence-corrected chi connectivity index (χ1v) is 7.49. The summed E-state index contributed by atoms with van der Waals surface area (Å²) >= 11 is 11.0. The van der Waals surface area contributed by atoms with E-state index in [9.17, 15) is 0 Å². The van der Waals surface area contributed by atoms with Crippen molar-refractivity contribution >= 4 is 38.9 Å². The van der Waals surface area contributed by atoms with Gasteiger partial charge in [-0.2, -0.15) is 0 Å². The molecular weight excluding hydrogens is 326 g/mol. The van der Waals surface area contributed by atoms with Crippen molar-refractivity contribution in [3.63, 3.8) is 0 Å². The number of halogens is 2. The van der Waals surface area contributed by atoms with E-state index in [1.54, 1.807) is 11.3 Å². The third kappa shape index (κ3) is 3.43. The van der Waals surface area contributed by atoms with Crippen molar-refractivity contribution in [2.75, 3.05) is 19.8 Å². The maximum atomic E-state index is 9.13. The molecule has 1 N–H and O–H groups in total. The summed E-state index contributed by atoms with van der Waals surface area (Å²) in [7, 11) is 0. The first-order chi connectivity index (χ1) is 8.10. The summed E-state index contributed by atoms with van der Waals surface area (Å²) in [6.07, 6.45) is -0.0647. The Labute approximate surface area is 118 Å². The number of morpholine rings is 1. The normalized spacial score (nSPS) is 26.4. The molecule has 17 heavy (non-hydrogen) atoms. The Bertz CT molecular complexity index is 368. The summed E-state index contributed by atoms with van der Waals surface area (Å²) in [5.74, 6) is 0. The second kappa shape index (κ2) is 5.99. The molecule has 2 atom stereocenters. The number of aliphatic hydroxyl groups excluding tert-OH is 1. The quantitative estimate of drug-likeness (QED) is 0.918. The van der Waals surface area contributed by atoms with Gasteiger partial charge in [0.1, 0.15) is 4.34 Å². The molecule has 1 aromatic rings. The van der Waals surface area contributed by atoms with E-state index in [0.717, 1.165) is 21.9 Å². The average molecular weight is 341 g/mol. The minimum atomic E-state index is -0.0647. The van der Waals surface area contributed by atoms with Crippen LogP contribution in [-0.2, 0) is 11.3 Å². The Balaban J connectivity index is 2.01. The van der Waals surface area contributed by atoms with Crippen molar-refractivity contribution < 1.29 is 9.84 Å². The van der Waals surface area contributed by atoms with Crippen molar-refractivity contribution in [1.82, 2.24) is 4.90 Å². The molecule has 0 spiro atoms. The first-order valence-electron chi connectivity index (χ1n) is 5.50. The van der Waals surface area contributed by atoms with E-state index in [1.807, 2.05) is 0 Å². The minimum Gasteiger partial charge on any atom is -0.394 e. The highest BCUT2D eigenvalue weighted by Gasteiger charge is 2.26. The van der Waals surface area contributed by atoms with E-state index < -0.39 is 0 Å². The number of ether oxygens (including phenoxy) is 1. The standard InChI is InChI=1S/C11H15BrClNO2S/c1-7-6-16-8(5-15)3-14(7)4-9-2-10(12)11(13)17-9/h2,7-8,15H,3-6H2,1H3/t7-,8+/m1/s1. The monoisotopic (exact) mass is 339 g/mol. The van der Waals surface area contributed by atoms with Gasteiger partial charge >= 0.3 is 0 Å². The highest BCUT2D eigenvalue weighted by Crippen LogP contribution is 2.33. The van der Waals surface area contributed by atoms with Crippen molar-refractivity contribution in [3.8, 4) is 0 Å². The number of rotatable bonds is 3.